The van der Waals surface area contributed by atoms with Crippen molar-refractivity contribution < 1.29 is 9.84 Å². The lowest BCUT2D eigenvalue weighted by atomic mass is 10.2. The predicted octanol–water partition coefficient (Wildman–Crippen LogP) is -0.559. The van der Waals surface area contributed by atoms with Gasteiger partial charge in [0.15, 0.2) is 6.29 Å². The first kappa shape index (κ1) is 6.01. The average molecular weight is 117 g/mol. The largest absolute Gasteiger partial charge is 0.367 e. The zero-order chi connectivity index (χ0) is 6.15. The molecule has 0 saturated carbocycles. The van der Waals surface area contributed by atoms with Gasteiger partial charge in [-0.2, -0.15) is 0 Å². The third-order valence-corrected chi connectivity index (χ3v) is 1.34. The number of hydrogen-bond acceptors (Lipinski definition) is 3. The van der Waals surface area contributed by atoms with Crippen molar-refractivity contribution >= 4 is 0 Å². The molecule has 0 aliphatic carbocycles. The second-order valence-electron chi connectivity index (χ2n) is 2.24. The summed E-state index contributed by atoms with van der Waals surface area (Å²) >= 11 is 0. The standard InChI is InChI=1S/C5H11NO2/c1-3-2-4(6)5(7)8-3/h3-5,7H,2,6H2,1H3. The van der Waals surface area contributed by atoms with E-state index in [1.165, 1.54) is 0 Å². The van der Waals surface area contributed by atoms with Crippen molar-refractivity contribution in [1.82, 2.24) is 0 Å². The molecular formula is C5H11NO2. The Morgan fingerprint density at radius 1 is 1.75 bits per heavy atom. The van der Waals surface area contributed by atoms with E-state index in [2.05, 4.69) is 0 Å². The first-order chi connectivity index (χ1) is 3.70. The van der Waals surface area contributed by atoms with Gasteiger partial charge in [-0.3, -0.25) is 0 Å². The van der Waals surface area contributed by atoms with Crippen LogP contribution in [0.1, 0.15) is 13.3 Å². The molecule has 3 N–H and O–H groups in total. The molecule has 3 nitrogen and oxygen atoms in total. The fraction of sp³-hybridized carbons (Fsp3) is 1.00. The maximum atomic E-state index is 8.82. The molecule has 0 aromatic carbocycles. The van der Waals surface area contributed by atoms with E-state index in [0.717, 1.165) is 6.42 Å². The van der Waals surface area contributed by atoms with Gasteiger partial charge in [-0.1, -0.05) is 0 Å². The Balaban J connectivity index is 2.39. The van der Waals surface area contributed by atoms with Gasteiger partial charge in [-0.15, -0.1) is 0 Å². The summed E-state index contributed by atoms with van der Waals surface area (Å²) in [6.45, 7) is 1.90. The van der Waals surface area contributed by atoms with Gasteiger partial charge >= 0.3 is 0 Å². The van der Waals surface area contributed by atoms with Crippen LogP contribution in [0.4, 0.5) is 0 Å². The molecule has 0 radical (unpaired) electrons. The zero-order valence-electron chi connectivity index (χ0n) is 4.87. The smallest absolute Gasteiger partial charge is 0.170 e. The Morgan fingerprint density at radius 2 is 2.38 bits per heavy atom. The van der Waals surface area contributed by atoms with Crippen LogP contribution in [0.25, 0.3) is 0 Å². The van der Waals surface area contributed by atoms with E-state index in [4.69, 9.17) is 15.6 Å². The highest BCUT2D eigenvalue weighted by atomic mass is 16.6. The third kappa shape index (κ3) is 0.992. The lowest BCUT2D eigenvalue weighted by molar-refractivity contribution is -0.0907. The summed E-state index contributed by atoms with van der Waals surface area (Å²) < 4.78 is 4.90. The molecule has 1 saturated heterocycles. The van der Waals surface area contributed by atoms with Gasteiger partial charge in [0.1, 0.15) is 0 Å². The van der Waals surface area contributed by atoms with Gasteiger partial charge in [0.25, 0.3) is 0 Å². The molecule has 1 aliphatic rings. The van der Waals surface area contributed by atoms with E-state index < -0.39 is 6.29 Å². The quantitative estimate of drug-likeness (QED) is 0.447. The molecule has 1 aliphatic heterocycles. The lowest BCUT2D eigenvalue weighted by Gasteiger charge is -2.04. The van der Waals surface area contributed by atoms with E-state index in [1.54, 1.807) is 0 Å². The van der Waals surface area contributed by atoms with Gasteiger partial charge in [0.05, 0.1) is 12.1 Å². The minimum absolute atomic E-state index is 0.125. The number of aliphatic hydroxyl groups is 1. The van der Waals surface area contributed by atoms with Crippen LogP contribution >= 0.6 is 0 Å². The molecule has 0 bridgehead atoms. The number of hydrogen-bond donors (Lipinski definition) is 2. The minimum Gasteiger partial charge on any atom is -0.367 e. The first-order valence-electron chi connectivity index (χ1n) is 2.79. The van der Waals surface area contributed by atoms with Crippen LogP contribution in [-0.2, 0) is 4.74 Å². The molecule has 1 heterocycles. The highest BCUT2D eigenvalue weighted by Gasteiger charge is 2.27. The topological polar surface area (TPSA) is 55.5 Å². The Hall–Kier alpha value is -0.120. The van der Waals surface area contributed by atoms with Gasteiger partial charge in [-0.05, 0) is 13.3 Å². The fourth-order valence-corrected chi connectivity index (χ4v) is 0.894. The van der Waals surface area contributed by atoms with Crippen LogP contribution in [0.15, 0.2) is 0 Å². The molecule has 3 atom stereocenters. The minimum atomic E-state index is -0.731. The van der Waals surface area contributed by atoms with E-state index >= 15 is 0 Å². The van der Waals surface area contributed by atoms with Crippen molar-refractivity contribution in [3.05, 3.63) is 0 Å². The van der Waals surface area contributed by atoms with E-state index in [0.29, 0.717) is 0 Å². The lowest BCUT2D eigenvalue weighted by Crippen LogP contribution is -2.29. The number of aliphatic hydroxyl groups excluding tert-OH is 1. The van der Waals surface area contributed by atoms with Gasteiger partial charge in [0.2, 0.25) is 0 Å². The SMILES string of the molecule is CC1CC(N)C(O)O1. The molecule has 1 fully saturated rings. The molecule has 8 heavy (non-hydrogen) atoms. The average Bonchev–Trinajstić information content (AvgIpc) is 1.85. The number of nitrogens with two attached hydrogens (primary N) is 1. The normalized spacial score (nSPS) is 47.6. The van der Waals surface area contributed by atoms with Gasteiger partial charge in [0, 0.05) is 0 Å². The van der Waals surface area contributed by atoms with Crippen LogP contribution in [0.3, 0.4) is 0 Å². The summed E-state index contributed by atoms with van der Waals surface area (Å²) in [7, 11) is 0. The first-order valence-corrected chi connectivity index (χ1v) is 2.79. The molecule has 1 rings (SSSR count). The second-order valence-corrected chi connectivity index (χ2v) is 2.24. The fourth-order valence-electron chi connectivity index (χ4n) is 0.894. The zero-order valence-corrected chi connectivity index (χ0v) is 4.87. The summed E-state index contributed by atoms with van der Waals surface area (Å²) in [5, 5.41) is 8.82. The number of rotatable bonds is 0. The van der Waals surface area contributed by atoms with Crippen LogP contribution in [0.2, 0.25) is 0 Å². The van der Waals surface area contributed by atoms with Gasteiger partial charge in [-0.25, -0.2) is 0 Å². The van der Waals surface area contributed by atoms with Crippen molar-refractivity contribution in [3.8, 4) is 0 Å². The van der Waals surface area contributed by atoms with E-state index in [-0.39, 0.29) is 12.1 Å². The highest BCUT2D eigenvalue weighted by molar-refractivity contribution is 4.75. The maximum Gasteiger partial charge on any atom is 0.170 e. The third-order valence-electron chi connectivity index (χ3n) is 1.34. The Kier molecular flexibility index (Phi) is 1.51. The van der Waals surface area contributed by atoms with Crippen molar-refractivity contribution in [2.45, 2.75) is 31.8 Å². The van der Waals surface area contributed by atoms with E-state index in [9.17, 15) is 0 Å². The Bertz CT molecular complexity index is 76.5. The predicted molar refractivity (Wildman–Crippen MR) is 29.1 cm³/mol. The Labute approximate surface area is 48.4 Å². The molecule has 0 amide bonds. The summed E-state index contributed by atoms with van der Waals surface area (Å²) in [6, 6.07) is -0.176. The maximum absolute atomic E-state index is 8.82. The van der Waals surface area contributed by atoms with Crippen LogP contribution < -0.4 is 5.73 Å². The van der Waals surface area contributed by atoms with E-state index in [1.807, 2.05) is 6.92 Å². The summed E-state index contributed by atoms with van der Waals surface area (Å²) in [5.74, 6) is 0. The van der Waals surface area contributed by atoms with Crippen molar-refractivity contribution in [3.63, 3.8) is 0 Å². The second kappa shape index (κ2) is 2.01. The van der Waals surface area contributed by atoms with Gasteiger partial charge < -0.3 is 15.6 Å². The van der Waals surface area contributed by atoms with Crippen molar-refractivity contribution in [1.29, 1.82) is 0 Å². The summed E-state index contributed by atoms with van der Waals surface area (Å²) in [5.41, 5.74) is 5.39. The van der Waals surface area contributed by atoms with Crippen LogP contribution in [0, 0.1) is 0 Å². The monoisotopic (exact) mass is 117 g/mol. The number of ether oxygens (including phenoxy) is 1. The summed E-state index contributed by atoms with van der Waals surface area (Å²) in [6.07, 6.45) is 0.159. The molecule has 48 valence electrons. The van der Waals surface area contributed by atoms with Crippen LogP contribution in [0.5, 0.6) is 0 Å². The molecular weight excluding hydrogens is 106 g/mol. The summed E-state index contributed by atoms with van der Waals surface area (Å²) in [4.78, 5) is 0. The molecule has 3 unspecified atom stereocenters. The van der Waals surface area contributed by atoms with Crippen molar-refractivity contribution in [2.24, 2.45) is 5.73 Å². The molecule has 0 aromatic rings. The van der Waals surface area contributed by atoms with Crippen LogP contribution in [-0.4, -0.2) is 23.5 Å². The molecule has 0 spiro atoms. The Morgan fingerprint density at radius 3 is 2.50 bits per heavy atom. The van der Waals surface area contributed by atoms with Crippen molar-refractivity contribution in [2.75, 3.05) is 0 Å². The highest BCUT2D eigenvalue weighted by Crippen LogP contribution is 2.15. The molecule has 3 heteroatoms. The molecule has 0 aromatic heterocycles.